The van der Waals surface area contributed by atoms with E-state index in [1.54, 1.807) is 0 Å². The van der Waals surface area contributed by atoms with Crippen LogP contribution < -0.4 is 0 Å². The van der Waals surface area contributed by atoms with Crippen molar-refractivity contribution in [2.75, 3.05) is 0 Å². The van der Waals surface area contributed by atoms with Crippen molar-refractivity contribution in [2.24, 2.45) is 0 Å². The third-order valence-corrected chi connectivity index (χ3v) is 5.84. The van der Waals surface area contributed by atoms with Gasteiger partial charge in [0.05, 0.1) is 32.8 Å². The second-order valence-electron chi connectivity index (χ2n) is 6.99. The number of aromatic nitrogens is 2. The summed E-state index contributed by atoms with van der Waals surface area (Å²) in [6.07, 6.45) is 1.63. The van der Waals surface area contributed by atoms with E-state index in [4.69, 9.17) is 28.3 Å². The second-order valence-corrected chi connectivity index (χ2v) is 7.81. The van der Waals surface area contributed by atoms with Crippen LogP contribution in [0.5, 0.6) is 0 Å². The molecule has 2 aromatic carbocycles. The first-order valence-electron chi connectivity index (χ1n) is 9.07. The third-order valence-electron chi connectivity index (χ3n) is 5.23. The van der Waals surface area contributed by atoms with E-state index in [-0.39, 0.29) is 32.4 Å². The molecule has 3 aromatic rings. The smallest absolute Gasteiger partial charge is 0.335 e. The van der Waals surface area contributed by atoms with E-state index in [1.807, 2.05) is 0 Å². The van der Waals surface area contributed by atoms with Gasteiger partial charge in [0.2, 0.25) is 0 Å². The summed E-state index contributed by atoms with van der Waals surface area (Å²) in [6, 6.07) is 6.08. The molecule has 9 heteroatoms. The molecule has 4 rings (SSSR count). The van der Waals surface area contributed by atoms with Crippen LogP contribution in [0.25, 0.3) is 11.3 Å². The van der Waals surface area contributed by atoms with Crippen LogP contribution in [-0.4, -0.2) is 27.1 Å². The number of H-pyrrole nitrogens is 1. The summed E-state index contributed by atoms with van der Waals surface area (Å²) in [6.45, 7) is 0. The number of Topliss-reactive ketones (excluding diaryl/α,β-unsaturated/α-hetero) is 1. The molecule has 1 heterocycles. The topological polar surface area (TPSA) is 83.0 Å². The SMILES string of the molecule is O=C(O)c1ccc(-c2n[nH]c3c2C(C(=O)c2c(Cl)ccc(Cl)c2F)CCC3)c(F)c1. The highest BCUT2D eigenvalue weighted by molar-refractivity contribution is 6.36. The van der Waals surface area contributed by atoms with Gasteiger partial charge in [-0.1, -0.05) is 23.2 Å². The lowest BCUT2D eigenvalue weighted by molar-refractivity contribution is 0.0696. The summed E-state index contributed by atoms with van der Waals surface area (Å²) in [7, 11) is 0. The number of aromatic carboxylic acids is 1. The molecule has 1 atom stereocenters. The van der Waals surface area contributed by atoms with Crippen LogP contribution in [0, 0.1) is 11.6 Å². The molecule has 154 valence electrons. The molecule has 0 aliphatic heterocycles. The van der Waals surface area contributed by atoms with Crippen LogP contribution in [0.2, 0.25) is 10.0 Å². The number of carbonyl (C=O) groups excluding carboxylic acids is 1. The van der Waals surface area contributed by atoms with Crippen molar-refractivity contribution in [1.82, 2.24) is 10.2 Å². The lowest BCUT2D eigenvalue weighted by atomic mass is 9.79. The lowest BCUT2D eigenvalue weighted by Gasteiger charge is -2.23. The highest BCUT2D eigenvalue weighted by Crippen LogP contribution is 2.41. The third kappa shape index (κ3) is 3.38. The van der Waals surface area contributed by atoms with Crippen LogP contribution in [0.15, 0.2) is 30.3 Å². The molecular weight excluding hydrogens is 437 g/mol. The molecule has 5 nitrogen and oxygen atoms in total. The number of ketones is 1. The quantitative estimate of drug-likeness (QED) is 0.396. The summed E-state index contributed by atoms with van der Waals surface area (Å²) in [5.74, 6) is -4.31. The van der Waals surface area contributed by atoms with Gasteiger partial charge in [-0.3, -0.25) is 9.89 Å². The molecule has 0 bridgehead atoms. The summed E-state index contributed by atoms with van der Waals surface area (Å²) in [5, 5.41) is 15.8. The molecule has 1 unspecified atom stereocenters. The van der Waals surface area contributed by atoms with E-state index in [1.165, 1.54) is 24.3 Å². The standard InChI is InChI=1S/C21H14Cl2F2N2O3/c22-12-6-7-13(23)18(25)17(12)20(28)11-2-1-3-15-16(11)19(27-26-15)10-5-4-9(21(29)30)8-14(10)24/h4-8,11H,1-3H2,(H,26,27)(H,29,30). The van der Waals surface area contributed by atoms with Crippen molar-refractivity contribution in [3.05, 3.63) is 74.4 Å². The van der Waals surface area contributed by atoms with Gasteiger partial charge in [-0.2, -0.15) is 5.10 Å². The monoisotopic (exact) mass is 450 g/mol. The molecule has 0 fully saturated rings. The summed E-state index contributed by atoms with van der Waals surface area (Å²) < 4.78 is 29.3. The molecule has 0 saturated heterocycles. The van der Waals surface area contributed by atoms with Crippen molar-refractivity contribution in [2.45, 2.75) is 25.2 Å². The maximum atomic E-state index is 14.7. The minimum Gasteiger partial charge on any atom is -0.478 e. The molecule has 0 amide bonds. The normalized spacial score (nSPS) is 15.7. The van der Waals surface area contributed by atoms with Crippen LogP contribution in [0.4, 0.5) is 8.78 Å². The lowest BCUT2D eigenvalue weighted by Crippen LogP contribution is -2.20. The summed E-state index contributed by atoms with van der Waals surface area (Å²) in [5.41, 5.74) is 0.835. The fourth-order valence-electron chi connectivity index (χ4n) is 3.81. The maximum absolute atomic E-state index is 14.7. The van der Waals surface area contributed by atoms with Gasteiger partial charge in [0.25, 0.3) is 0 Å². The molecule has 0 radical (unpaired) electrons. The summed E-state index contributed by atoms with van der Waals surface area (Å²) in [4.78, 5) is 24.4. The molecule has 0 spiro atoms. The van der Waals surface area contributed by atoms with Crippen LogP contribution >= 0.6 is 23.2 Å². The number of hydrogen-bond acceptors (Lipinski definition) is 3. The van der Waals surface area contributed by atoms with Crippen molar-refractivity contribution >= 4 is 35.0 Å². The van der Waals surface area contributed by atoms with E-state index in [0.717, 1.165) is 6.07 Å². The number of benzene rings is 2. The summed E-state index contributed by atoms with van der Waals surface area (Å²) >= 11 is 11.9. The van der Waals surface area contributed by atoms with E-state index in [0.29, 0.717) is 30.5 Å². The number of aromatic amines is 1. The number of nitrogens with one attached hydrogen (secondary N) is 1. The van der Waals surface area contributed by atoms with Crippen LogP contribution in [0.1, 0.15) is 50.7 Å². The number of aryl methyl sites for hydroxylation is 1. The van der Waals surface area contributed by atoms with Crippen LogP contribution in [0.3, 0.4) is 0 Å². The average molecular weight is 451 g/mol. The van der Waals surface area contributed by atoms with Gasteiger partial charge in [-0.05, 0) is 49.6 Å². The number of rotatable bonds is 4. The minimum absolute atomic E-state index is 0.0508. The Balaban J connectivity index is 1.83. The van der Waals surface area contributed by atoms with Crippen molar-refractivity contribution in [1.29, 1.82) is 0 Å². The van der Waals surface area contributed by atoms with Gasteiger partial charge in [0, 0.05) is 16.8 Å². The molecule has 1 aliphatic rings. The Morgan fingerprint density at radius 2 is 1.87 bits per heavy atom. The molecule has 1 aromatic heterocycles. The van der Waals surface area contributed by atoms with E-state index < -0.39 is 29.3 Å². The number of nitrogens with zero attached hydrogens (tertiary/aromatic N) is 1. The number of carbonyl (C=O) groups is 2. The zero-order valence-electron chi connectivity index (χ0n) is 15.3. The predicted molar refractivity (Wildman–Crippen MR) is 107 cm³/mol. The van der Waals surface area contributed by atoms with Gasteiger partial charge in [0.15, 0.2) is 11.6 Å². The Kier molecular flexibility index (Phi) is 5.34. The van der Waals surface area contributed by atoms with Crippen molar-refractivity contribution in [3.63, 3.8) is 0 Å². The minimum atomic E-state index is -1.26. The largest absolute Gasteiger partial charge is 0.478 e. The van der Waals surface area contributed by atoms with E-state index in [2.05, 4.69) is 10.2 Å². The number of carboxylic acid groups (broad SMARTS) is 1. The number of carboxylic acids is 1. The Labute approximate surface area is 179 Å². The van der Waals surface area contributed by atoms with E-state index in [9.17, 15) is 18.4 Å². The Morgan fingerprint density at radius 3 is 2.57 bits per heavy atom. The van der Waals surface area contributed by atoms with Crippen LogP contribution in [-0.2, 0) is 6.42 Å². The average Bonchev–Trinajstić information content (AvgIpc) is 3.15. The Bertz CT molecular complexity index is 1190. The first-order valence-corrected chi connectivity index (χ1v) is 9.83. The zero-order valence-corrected chi connectivity index (χ0v) is 16.8. The first-order chi connectivity index (χ1) is 14.3. The van der Waals surface area contributed by atoms with Gasteiger partial charge in [-0.15, -0.1) is 0 Å². The predicted octanol–water partition coefficient (Wildman–Crippen LogP) is 5.66. The van der Waals surface area contributed by atoms with Crippen molar-refractivity contribution in [3.8, 4) is 11.3 Å². The fraction of sp³-hybridized carbons (Fsp3) is 0.190. The molecule has 30 heavy (non-hydrogen) atoms. The molecule has 0 saturated carbocycles. The first kappa shape index (κ1) is 20.5. The fourth-order valence-corrected chi connectivity index (χ4v) is 4.21. The number of hydrogen-bond donors (Lipinski definition) is 2. The van der Waals surface area contributed by atoms with Crippen molar-refractivity contribution < 1.29 is 23.5 Å². The molecule has 2 N–H and O–H groups in total. The second kappa shape index (κ2) is 7.81. The Hall–Kier alpha value is -2.77. The maximum Gasteiger partial charge on any atom is 0.335 e. The highest BCUT2D eigenvalue weighted by Gasteiger charge is 2.35. The van der Waals surface area contributed by atoms with E-state index >= 15 is 0 Å². The zero-order chi connectivity index (χ0) is 21.6. The molecular formula is C21H14Cl2F2N2O3. The van der Waals surface area contributed by atoms with Gasteiger partial charge < -0.3 is 5.11 Å². The number of fused-ring (bicyclic) bond motifs is 1. The number of halogens is 4. The van der Waals surface area contributed by atoms with Gasteiger partial charge in [-0.25, -0.2) is 13.6 Å². The highest BCUT2D eigenvalue weighted by atomic mass is 35.5. The molecule has 1 aliphatic carbocycles. The van der Waals surface area contributed by atoms with Gasteiger partial charge >= 0.3 is 5.97 Å². The Morgan fingerprint density at radius 1 is 1.13 bits per heavy atom. The van der Waals surface area contributed by atoms with Gasteiger partial charge in [0.1, 0.15) is 5.82 Å².